The van der Waals surface area contributed by atoms with Crippen LogP contribution in [0.15, 0.2) is 18.2 Å². The predicted octanol–water partition coefficient (Wildman–Crippen LogP) is 1.88. The molecular weight excluding hydrogens is 243 g/mol. The molecule has 3 atom stereocenters. The highest BCUT2D eigenvalue weighted by molar-refractivity contribution is 5.27. The van der Waals surface area contributed by atoms with Crippen molar-refractivity contribution >= 4 is 0 Å². The predicted molar refractivity (Wildman–Crippen MR) is 74.3 cm³/mol. The van der Waals surface area contributed by atoms with Crippen LogP contribution in [0.25, 0.3) is 0 Å². The molecular formula is C15H23FN2O. The van der Waals surface area contributed by atoms with Crippen molar-refractivity contribution in [3.8, 4) is 0 Å². The molecule has 0 saturated heterocycles. The van der Waals surface area contributed by atoms with Crippen molar-refractivity contribution in [1.82, 2.24) is 5.32 Å². The van der Waals surface area contributed by atoms with Gasteiger partial charge in [-0.25, -0.2) is 4.39 Å². The Hall–Kier alpha value is -0.970. The number of hydrogen-bond acceptors (Lipinski definition) is 3. The molecule has 0 radical (unpaired) electrons. The summed E-state index contributed by atoms with van der Waals surface area (Å²) < 4.78 is 13.3. The van der Waals surface area contributed by atoms with E-state index in [-0.39, 0.29) is 18.5 Å². The Labute approximate surface area is 114 Å². The van der Waals surface area contributed by atoms with Gasteiger partial charge in [0.15, 0.2) is 0 Å². The summed E-state index contributed by atoms with van der Waals surface area (Å²) in [6.45, 7) is 2.45. The molecule has 0 aromatic heterocycles. The van der Waals surface area contributed by atoms with Gasteiger partial charge in [0.05, 0.1) is 0 Å². The highest BCUT2D eigenvalue weighted by atomic mass is 19.1. The van der Waals surface area contributed by atoms with Crippen LogP contribution in [0.4, 0.5) is 4.39 Å². The monoisotopic (exact) mass is 266 g/mol. The minimum absolute atomic E-state index is 0.0245. The van der Waals surface area contributed by atoms with Crippen molar-refractivity contribution in [1.29, 1.82) is 0 Å². The average molecular weight is 266 g/mol. The fourth-order valence-electron chi connectivity index (χ4n) is 2.92. The third-order valence-corrected chi connectivity index (χ3v) is 4.13. The summed E-state index contributed by atoms with van der Waals surface area (Å²) in [5.41, 5.74) is 7.50. The topological polar surface area (TPSA) is 58.3 Å². The van der Waals surface area contributed by atoms with E-state index in [9.17, 15) is 9.50 Å². The molecule has 1 aliphatic carbocycles. The Morgan fingerprint density at radius 1 is 1.47 bits per heavy atom. The fraction of sp³-hybridized carbons (Fsp3) is 0.600. The summed E-state index contributed by atoms with van der Waals surface area (Å²) >= 11 is 0. The maximum atomic E-state index is 13.3. The molecule has 4 heteroatoms. The molecule has 19 heavy (non-hydrogen) atoms. The van der Waals surface area contributed by atoms with E-state index in [1.54, 1.807) is 13.0 Å². The molecule has 1 aromatic rings. The summed E-state index contributed by atoms with van der Waals surface area (Å²) in [7, 11) is 0. The van der Waals surface area contributed by atoms with E-state index in [1.165, 1.54) is 6.07 Å². The largest absolute Gasteiger partial charge is 0.396 e. The van der Waals surface area contributed by atoms with Gasteiger partial charge < -0.3 is 16.2 Å². The van der Waals surface area contributed by atoms with Crippen molar-refractivity contribution in [2.75, 3.05) is 13.2 Å². The van der Waals surface area contributed by atoms with Crippen LogP contribution >= 0.6 is 0 Å². The van der Waals surface area contributed by atoms with Gasteiger partial charge in [0.2, 0.25) is 0 Å². The van der Waals surface area contributed by atoms with E-state index in [2.05, 4.69) is 5.32 Å². The zero-order chi connectivity index (χ0) is 13.8. The SMILES string of the molecule is Cc1cc(C(CN)NC2CCCC2CO)ccc1F. The van der Waals surface area contributed by atoms with Crippen LogP contribution in [0, 0.1) is 18.7 Å². The lowest BCUT2D eigenvalue weighted by molar-refractivity contribution is 0.199. The highest BCUT2D eigenvalue weighted by Crippen LogP contribution is 2.27. The number of benzene rings is 1. The van der Waals surface area contributed by atoms with Gasteiger partial charge in [0, 0.05) is 25.2 Å². The third-order valence-electron chi connectivity index (χ3n) is 4.13. The van der Waals surface area contributed by atoms with E-state index >= 15 is 0 Å². The smallest absolute Gasteiger partial charge is 0.126 e. The Bertz CT molecular complexity index is 425. The lowest BCUT2D eigenvalue weighted by atomic mass is 9.99. The first-order valence-corrected chi connectivity index (χ1v) is 6.98. The van der Waals surface area contributed by atoms with Crippen LogP contribution in [-0.2, 0) is 0 Å². The summed E-state index contributed by atoms with van der Waals surface area (Å²) in [6, 6.07) is 5.46. The Morgan fingerprint density at radius 3 is 2.89 bits per heavy atom. The van der Waals surface area contributed by atoms with Crippen LogP contribution in [-0.4, -0.2) is 24.3 Å². The van der Waals surface area contributed by atoms with Crippen molar-refractivity contribution in [2.45, 2.75) is 38.3 Å². The van der Waals surface area contributed by atoms with Gasteiger partial charge in [-0.2, -0.15) is 0 Å². The van der Waals surface area contributed by atoms with Crippen LogP contribution in [0.5, 0.6) is 0 Å². The second kappa shape index (κ2) is 6.46. The molecule has 0 spiro atoms. The standard InChI is InChI=1S/C15H23FN2O/c1-10-7-11(5-6-13(10)16)15(8-17)18-14-4-2-3-12(14)9-19/h5-7,12,14-15,18-19H,2-4,8-9,17H2,1H3. The van der Waals surface area contributed by atoms with Gasteiger partial charge in [0.1, 0.15) is 5.82 Å². The van der Waals surface area contributed by atoms with E-state index in [4.69, 9.17) is 5.73 Å². The lowest BCUT2D eigenvalue weighted by Gasteiger charge is -2.26. The van der Waals surface area contributed by atoms with Gasteiger partial charge in [-0.05, 0) is 42.9 Å². The van der Waals surface area contributed by atoms with E-state index in [0.29, 0.717) is 24.1 Å². The van der Waals surface area contributed by atoms with Gasteiger partial charge in [-0.15, -0.1) is 0 Å². The number of aliphatic hydroxyl groups is 1. The van der Waals surface area contributed by atoms with Gasteiger partial charge in [-0.3, -0.25) is 0 Å². The van der Waals surface area contributed by atoms with Crippen LogP contribution < -0.4 is 11.1 Å². The second-order valence-corrected chi connectivity index (χ2v) is 5.44. The van der Waals surface area contributed by atoms with Gasteiger partial charge >= 0.3 is 0 Å². The first-order chi connectivity index (χ1) is 9.15. The number of nitrogens with two attached hydrogens (primary N) is 1. The quantitative estimate of drug-likeness (QED) is 0.762. The van der Waals surface area contributed by atoms with E-state index in [1.807, 2.05) is 6.07 Å². The molecule has 0 amide bonds. The van der Waals surface area contributed by atoms with Gasteiger partial charge in [0.25, 0.3) is 0 Å². The number of rotatable bonds is 5. The average Bonchev–Trinajstić information content (AvgIpc) is 2.86. The number of halogens is 1. The van der Waals surface area contributed by atoms with Crippen molar-refractivity contribution in [2.24, 2.45) is 11.7 Å². The maximum absolute atomic E-state index is 13.3. The first-order valence-electron chi connectivity index (χ1n) is 6.98. The summed E-state index contributed by atoms with van der Waals surface area (Å²) in [6.07, 6.45) is 3.28. The summed E-state index contributed by atoms with van der Waals surface area (Å²) in [4.78, 5) is 0. The van der Waals surface area contributed by atoms with Crippen molar-refractivity contribution in [3.63, 3.8) is 0 Å². The highest BCUT2D eigenvalue weighted by Gasteiger charge is 2.28. The van der Waals surface area contributed by atoms with E-state index in [0.717, 1.165) is 24.8 Å². The number of nitrogens with one attached hydrogen (secondary N) is 1. The lowest BCUT2D eigenvalue weighted by Crippen LogP contribution is -2.39. The zero-order valence-corrected chi connectivity index (χ0v) is 11.4. The Kier molecular flexibility index (Phi) is 4.91. The normalized spacial score (nSPS) is 24.6. The molecule has 1 saturated carbocycles. The molecule has 0 aliphatic heterocycles. The van der Waals surface area contributed by atoms with Crippen LogP contribution in [0.2, 0.25) is 0 Å². The number of aryl methyl sites for hydroxylation is 1. The molecule has 3 nitrogen and oxygen atoms in total. The molecule has 0 bridgehead atoms. The van der Waals surface area contributed by atoms with Crippen LogP contribution in [0.1, 0.15) is 36.4 Å². The summed E-state index contributed by atoms with van der Waals surface area (Å²) in [5, 5.41) is 12.9. The molecule has 1 aromatic carbocycles. The molecule has 1 fully saturated rings. The van der Waals surface area contributed by atoms with Crippen LogP contribution in [0.3, 0.4) is 0 Å². The maximum Gasteiger partial charge on any atom is 0.126 e. The van der Waals surface area contributed by atoms with Crippen molar-refractivity contribution < 1.29 is 9.50 Å². The Morgan fingerprint density at radius 2 is 2.26 bits per heavy atom. The van der Waals surface area contributed by atoms with E-state index < -0.39 is 0 Å². The second-order valence-electron chi connectivity index (χ2n) is 5.44. The molecule has 106 valence electrons. The minimum Gasteiger partial charge on any atom is -0.396 e. The molecule has 4 N–H and O–H groups in total. The molecule has 2 rings (SSSR count). The minimum atomic E-state index is -0.186. The molecule has 3 unspecified atom stereocenters. The van der Waals surface area contributed by atoms with Gasteiger partial charge in [-0.1, -0.05) is 18.6 Å². The fourth-order valence-corrected chi connectivity index (χ4v) is 2.92. The Balaban J connectivity index is 2.09. The third kappa shape index (κ3) is 3.32. The first kappa shape index (κ1) is 14.4. The molecule has 0 heterocycles. The number of hydrogen-bond donors (Lipinski definition) is 3. The zero-order valence-electron chi connectivity index (χ0n) is 11.4. The molecule has 1 aliphatic rings. The number of aliphatic hydroxyl groups excluding tert-OH is 1. The summed E-state index contributed by atoms with van der Waals surface area (Å²) in [5.74, 6) is 0.129. The van der Waals surface area contributed by atoms with Crippen molar-refractivity contribution in [3.05, 3.63) is 35.1 Å².